The molecule has 0 unspecified atom stereocenters. The standard InChI is InChI=1S/C15H24O3/c1-3-4-5-7-15(17-11-12-18-15)14(9-10-14)8-6-13(2)16/h6,8H,3-5,7,9-12H2,1-2H3/b8-6+. The Labute approximate surface area is 110 Å². The van der Waals surface area contributed by atoms with Crippen molar-refractivity contribution in [3.05, 3.63) is 12.2 Å². The molecule has 1 aliphatic carbocycles. The first-order chi connectivity index (χ1) is 8.64. The van der Waals surface area contributed by atoms with Gasteiger partial charge in [-0.05, 0) is 32.3 Å². The van der Waals surface area contributed by atoms with Crippen LogP contribution in [0.1, 0.15) is 52.4 Å². The maximum Gasteiger partial charge on any atom is 0.177 e. The molecule has 0 aromatic carbocycles. The van der Waals surface area contributed by atoms with Gasteiger partial charge in [0.05, 0.1) is 13.2 Å². The van der Waals surface area contributed by atoms with Crippen LogP contribution in [0.4, 0.5) is 0 Å². The average Bonchev–Trinajstić information content (AvgIpc) is 3.00. The Hall–Kier alpha value is -0.670. The molecule has 0 amide bonds. The molecule has 0 aromatic heterocycles. The van der Waals surface area contributed by atoms with Gasteiger partial charge in [0.25, 0.3) is 0 Å². The number of unbranched alkanes of at least 4 members (excludes halogenated alkanes) is 2. The summed E-state index contributed by atoms with van der Waals surface area (Å²) in [5.41, 5.74) is -0.0388. The fourth-order valence-electron chi connectivity index (χ4n) is 2.83. The smallest absolute Gasteiger partial charge is 0.177 e. The molecular formula is C15H24O3. The number of rotatable bonds is 7. The second kappa shape index (κ2) is 5.54. The zero-order valence-electron chi connectivity index (χ0n) is 11.5. The van der Waals surface area contributed by atoms with E-state index in [1.54, 1.807) is 13.0 Å². The molecule has 0 bridgehead atoms. The van der Waals surface area contributed by atoms with Crippen molar-refractivity contribution in [2.75, 3.05) is 13.2 Å². The number of ketones is 1. The van der Waals surface area contributed by atoms with Gasteiger partial charge < -0.3 is 9.47 Å². The summed E-state index contributed by atoms with van der Waals surface area (Å²) in [4.78, 5) is 11.1. The predicted octanol–water partition coefficient (Wildman–Crippen LogP) is 3.24. The van der Waals surface area contributed by atoms with E-state index in [9.17, 15) is 4.79 Å². The van der Waals surface area contributed by atoms with Crippen molar-refractivity contribution in [3.63, 3.8) is 0 Å². The van der Waals surface area contributed by atoms with Gasteiger partial charge in [0.1, 0.15) is 0 Å². The molecule has 0 N–H and O–H groups in total. The molecule has 18 heavy (non-hydrogen) atoms. The lowest BCUT2D eigenvalue weighted by Gasteiger charge is -2.34. The SMILES string of the molecule is CCCCCC1(C2(/C=C/C(C)=O)CC2)OCCO1. The molecule has 0 radical (unpaired) electrons. The average molecular weight is 252 g/mol. The molecule has 1 saturated heterocycles. The minimum atomic E-state index is -0.450. The minimum Gasteiger partial charge on any atom is -0.347 e. The van der Waals surface area contributed by atoms with Crippen LogP contribution in [0.5, 0.6) is 0 Å². The Morgan fingerprint density at radius 2 is 1.89 bits per heavy atom. The van der Waals surface area contributed by atoms with E-state index in [0.29, 0.717) is 13.2 Å². The second-order valence-electron chi connectivity index (χ2n) is 5.51. The molecule has 2 fully saturated rings. The number of allylic oxidation sites excluding steroid dienone is 1. The Balaban J connectivity index is 2.07. The van der Waals surface area contributed by atoms with Crippen LogP contribution < -0.4 is 0 Å². The molecule has 1 saturated carbocycles. The van der Waals surface area contributed by atoms with Gasteiger partial charge in [0.2, 0.25) is 0 Å². The van der Waals surface area contributed by atoms with Crippen LogP contribution in [0.2, 0.25) is 0 Å². The van der Waals surface area contributed by atoms with Crippen molar-refractivity contribution in [3.8, 4) is 0 Å². The highest BCUT2D eigenvalue weighted by molar-refractivity contribution is 5.87. The van der Waals surface area contributed by atoms with Crippen molar-refractivity contribution < 1.29 is 14.3 Å². The van der Waals surface area contributed by atoms with Gasteiger partial charge in [-0.3, -0.25) is 4.79 Å². The Morgan fingerprint density at radius 3 is 2.39 bits per heavy atom. The normalized spacial score (nSPS) is 24.6. The van der Waals surface area contributed by atoms with E-state index < -0.39 is 5.79 Å². The maximum absolute atomic E-state index is 11.1. The van der Waals surface area contributed by atoms with E-state index in [4.69, 9.17) is 9.47 Å². The van der Waals surface area contributed by atoms with Gasteiger partial charge in [-0.1, -0.05) is 25.8 Å². The molecule has 1 heterocycles. The van der Waals surface area contributed by atoms with Gasteiger partial charge >= 0.3 is 0 Å². The summed E-state index contributed by atoms with van der Waals surface area (Å²) in [6.07, 6.45) is 10.3. The third-order valence-electron chi connectivity index (χ3n) is 4.05. The lowest BCUT2D eigenvalue weighted by Crippen LogP contribution is -2.40. The quantitative estimate of drug-likeness (QED) is 0.515. The van der Waals surface area contributed by atoms with Crippen LogP contribution in [0, 0.1) is 5.41 Å². The lowest BCUT2D eigenvalue weighted by molar-refractivity contribution is -0.199. The van der Waals surface area contributed by atoms with Crippen molar-refractivity contribution in [2.45, 2.75) is 58.2 Å². The van der Waals surface area contributed by atoms with Crippen LogP contribution in [0.3, 0.4) is 0 Å². The topological polar surface area (TPSA) is 35.5 Å². The second-order valence-corrected chi connectivity index (χ2v) is 5.51. The molecule has 1 aliphatic heterocycles. The number of hydrogen-bond acceptors (Lipinski definition) is 3. The largest absolute Gasteiger partial charge is 0.347 e. The van der Waals surface area contributed by atoms with Crippen LogP contribution in [0.15, 0.2) is 12.2 Å². The summed E-state index contributed by atoms with van der Waals surface area (Å²) in [6.45, 7) is 5.15. The van der Waals surface area contributed by atoms with Crippen molar-refractivity contribution >= 4 is 5.78 Å². The highest BCUT2D eigenvalue weighted by Gasteiger charge is 2.61. The molecular weight excluding hydrogens is 228 g/mol. The fourth-order valence-corrected chi connectivity index (χ4v) is 2.83. The fraction of sp³-hybridized carbons (Fsp3) is 0.800. The molecule has 0 atom stereocenters. The molecule has 2 aliphatic rings. The molecule has 102 valence electrons. The Morgan fingerprint density at radius 1 is 1.22 bits per heavy atom. The third kappa shape index (κ3) is 2.67. The lowest BCUT2D eigenvalue weighted by atomic mass is 9.89. The van der Waals surface area contributed by atoms with Gasteiger partial charge in [-0.15, -0.1) is 0 Å². The summed E-state index contributed by atoms with van der Waals surface area (Å²) in [5.74, 6) is -0.350. The predicted molar refractivity (Wildman–Crippen MR) is 70.3 cm³/mol. The first-order valence-electron chi connectivity index (χ1n) is 7.12. The van der Waals surface area contributed by atoms with E-state index in [1.807, 2.05) is 6.08 Å². The highest BCUT2D eigenvalue weighted by Crippen LogP contribution is 2.60. The monoisotopic (exact) mass is 252 g/mol. The van der Waals surface area contributed by atoms with Crippen molar-refractivity contribution in [1.82, 2.24) is 0 Å². The zero-order valence-corrected chi connectivity index (χ0v) is 11.5. The van der Waals surface area contributed by atoms with E-state index in [-0.39, 0.29) is 11.2 Å². The van der Waals surface area contributed by atoms with Gasteiger partial charge in [0, 0.05) is 11.8 Å². The number of carbonyl (C=O) groups is 1. The van der Waals surface area contributed by atoms with Crippen LogP contribution in [-0.2, 0) is 14.3 Å². The molecule has 0 spiro atoms. The Bertz CT molecular complexity index is 323. The molecule has 3 heteroatoms. The summed E-state index contributed by atoms with van der Waals surface area (Å²) in [6, 6.07) is 0. The maximum atomic E-state index is 11.1. The zero-order chi connectivity index (χ0) is 13.1. The van der Waals surface area contributed by atoms with Crippen molar-refractivity contribution in [2.24, 2.45) is 5.41 Å². The van der Waals surface area contributed by atoms with E-state index in [2.05, 4.69) is 6.92 Å². The van der Waals surface area contributed by atoms with Crippen LogP contribution in [-0.4, -0.2) is 24.8 Å². The van der Waals surface area contributed by atoms with Crippen LogP contribution >= 0.6 is 0 Å². The van der Waals surface area contributed by atoms with Gasteiger partial charge in [0.15, 0.2) is 11.6 Å². The Kier molecular flexibility index (Phi) is 4.23. The van der Waals surface area contributed by atoms with E-state index in [0.717, 1.165) is 25.7 Å². The summed E-state index contributed by atoms with van der Waals surface area (Å²) in [7, 11) is 0. The van der Waals surface area contributed by atoms with Crippen molar-refractivity contribution in [1.29, 1.82) is 0 Å². The first-order valence-corrected chi connectivity index (χ1v) is 7.12. The molecule has 2 rings (SSSR count). The molecule has 0 aromatic rings. The molecule has 3 nitrogen and oxygen atoms in total. The number of hydrogen-bond donors (Lipinski definition) is 0. The van der Waals surface area contributed by atoms with Crippen LogP contribution in [0.25, 0.3) is 0 Å². The summed E-state index contributed by atoms with van der Waals surface area (Å²) >= 11 is 0. The van der Waals surface area contributed by atoms with Gasteiger partial charge in [-0.25, -0.2) is 0 Å². The summed E-state index contributed by atoms with van der Waals surface area (Å²) < 4.78 is 11.9. The first kappa shape index (κ1) is 13.8. The van der Waals surface area contributed by atoms with E-state index in [1.165, 1.54) is 12.8 Å². The van der Waals surface area contributed by atoms with Gasteiger partial charge in [-0.2, -0.15) is 0 Å². The number of ether oxygens (including phenoxy) is 2. The number of carbonyl (C=O) groups excluding carboxylic acids is 1. The third-order valence-corrected chi connectivity index (χ3v) is 4.05. The minimum absolute atomic E-state index is 0.0388. The highest BCUT2D eigenvalue weighted by atomic mass is 16.7. The van der Waals surface area contributed by atoms with E-state index >= 15 is 0 Å². The summed E-state index contributed by atoms with van der Waals surface area (Å²) in [5, 5.41) is 0.